The molecule has 3 rings (SSSR count). The third-order valence-corrected chi connectivity index (χ3v) is 5.16. The third kappa shape index (κ3) is 4.85. The number of benzene rings is 1. The number of hydrogen-bond acceptors (Lipinski definition) is 3. The Kier molecular flexibility index (Phi) is 6.51. The number of carbonyl (C=O) groups excluding carboxylic acids is 1. The molecule has 0 spiro atoms. The number of rotatable bonds is 8. The SMILES string of the molecule is CCOC(=O)CCCCCN1CCCCC1c1cc2ccccc2[nH]1. The Morgan fingerprint density at radius 3 is 2.96 bits per heavy atom. The zero-order valence-electron chi connectivity index (χ0n) is 15.3. The summed E-state index contributed by atoms with van der Waals surface area (Å²) in [6.45, 7) is 4.64. The Morgan fingerprint density at radius 2 is 2.12 bits per heavy atom. The van der Waals surface area contributed by atoms with Crippen LogP contribution < -0.4 is 0 Å². The minimum atomic E-state index is -0.0589. The second-order valence-electron chi connectivity index (χ2n) is 6.98. The average Bonchev–Trinajstić information content (AvgIpc) is 3.06. The number of H-pyrrole nitrogens is 1. The molecule has 1 aromatic heterocycles. The largest absolute Gasteiger partial charge is 0.466 e. The first-order valence-electron chi connectivity index (χ1n) is 9.75. The topological polar surface area (TPSA) is 45.3 Å². The van der Waals surface area contributed by atoms with E-state index in [4.69, 9.17) is 4.74 Å². The lowest BCUT2D eigenvalue weighted by Crippen LogP contribution is -2.34. The lowest BCUT2D eigenvalue weighted by atomic mass is 9.98. The Morgan fingerprint density at radius 1 is 1.24 bits per heavy atom. The molecule has 1 N–H and O–H groups in total. The lowest BCUT2D eigenvalue weighted by molar-refractivity contribution is -0.143. The molecule has 1 saturated heterocycles. The second-order valence-corrected chi connectivity index (χ2v) is 6.98. The van der Waals surface area contributed by atoms with Crippen LogP contribution >= 0.6 is 0 Å². The van der Waals surface area contributed by atoms with E-state index in [1.54, 1.807) is 0 Å². The van der Waals surface area contributed by atoms with E-state index in [1.807, 2.05) is 6.92 Å². The number of unbranched alkanes of at least 4 members (excludes halogenated alkanes) is 2. The van der Waals surface area contributed by atoms with Gasteiger partial charge in [-0.05, 0) is 63.2 Å². The molecule has 0 radical (unpaired) electrons. The van der Waals surface area contributed by atoms with Gasteiger partial charge in [0.1, 0.15) is 0 Å². The van der Waals surface area contributed by atoms with Crippen molar-refractivity contribution in [2.45, 2.75) is 57.9 Å². The molecular weight excluding hydrogens is 312 g/mol. The first kappa shape index (κ1) is 18.0. The average molecular weight is 342 g/mol. The van der Waals surface area contributed by atoms with E-state index in [1.165, 1.54) is 42.4 Å². The second kappa shape index (κ2) is 9.04. The van der Waals surface area contributed by atoms with Crippen LogP contribution in [0.1, 0.15) is 63.6 Å². The smallest absolute Gasteiger partial charge is 0.305 e. The van der Waals surface area contributed by atoms with Gasteiger partial charge in [0.15, 0.2) is 0 Å². The van der Waals surface area contributed by atoms with E-state index >= 15 is 0 Å². The van der Waals surface area contributed by atoms with Crippen LogP contribution in [0.2, 0.25) is 0 Å². The van der Waals surface area contributed by atoms with Crippen LogP contribution in [-0.4, -0.2) is 35.5 Å². The van der Waals surface area contributed by atoms with Crippen LogP contribution in [0.5, 0.6) is 0 Å². The Hall–Kier alpha value is -1.81. The van der Waals surface area contributed by atoms with Gasteiger partial charge in [-0.3, -0.25) is 9.69 Å². The van der Waals surface area contributed by atoms with Gasteiger partial charge in [0, 0.05) is 23.7 Å². The monoisotopic (exact) mass is 342 g/mol. The van der Waals surface area contributed by atoms with Crippen LogP contribution in [0.15, 0.2) is 30.3 Å². The van der Waals surface area contributed by atoms with Crippen LogP contribution in [0.4, 0.5) is 0 Å². The van der Waals surface area contributed by atoms with Crippen molar-refractivity contribution in [1.29, 1.82) is 0 Å². The zero-order valence-corrected chi connectivity index (χ0v) is 15.3. The normalized spacial score (nSPS) is 18.5. The van der Waals surface area contributed by atoms with Gasteiger partial charge in [-0.1, -0.05) is 31.0 Å². The highest BCUT2D eigenvalue weighted by molar-refractivity contribution is 5.80. The van der Waals surface area contributed by atoms with E-state index in [9.17, 15) is 4.79 Å². The Balaban J connectivity index is 1.51. The summed E-state index contributed by atoms with van der Waals surface area (Å²) in [5, 5.41) is 1.30. The Labute approximate surface area is 150 Å². The maximum atomic E-state index is 11.4. The van der Waals surface area contributed by atoms with Crippen LogP contribution in [0.25, 0.3) is 10.9 Å². The fourth-order valence-electron chi connectivity index (χ4n) is 3.88. The summed E-state index contributed by atoms with van der Waals surface area (Å²) < 4.78 is 4.99. The van der Waals surface area contributed by atoms with Crippen molar-refractivity contribution in [2.75, 3.05) is 19.7 Å². The minimum Gasteiger partial charge on any atom is -0.466 e. The number of carbonyl (C=O) groups is 1. The van der Waals surface area contributed by atoms with Crippen molar-refractivity contribution in [3.63, 3.8) is 0 Å². The van der Waals surface area contributed by atoms with E-state index in [-0.39, 0.29) is 5.97 Å². The first-order chi connectivity index (χ1) is 12.3. The summed E-state index contributed by atoms with van der Waals surface area (Å²) in [5.41, 5.74) is 2.59. The van der Waals surface area contributed by atoms with Gasteiger partial charge in [0.05, 0.1) is 6.61 Å². The maximum Gasteiger partial charge on any atom is 0.305 e. The van der Waals surface area contributed by atoms with E-state index in [0.717, 1.165) is 25.8 Å². The number of nitrogens with one attached hydrogen (secondary N) is 1. The number of fused-ring (bicyclic) bond motifs is 1. The van der Waals surface area contributed by atoms with Crippen LogP contribution in [0, 0.1) is 0 Å². The molecular formula is C21H30N2O2. The first-order valence-corrected chi connectivity index (χ1v) is 9.75. The highest BCUT2D eigenvalue weighted by Gasteiger charge is 2.24. The molecule has 1 fully saturated rings. The van der Waals surface area contributed by atoms with Crippen molar-refractivity contribution in [3.8, 4) is 0 Å². The molecule has 1 atom stereocenters. The predicted molar refractivity (Wildman–Crippen MR) is 102 cm³/mol. The zero-order chi connectivity index (χ0) is 17.5. The summed E-state index contributed by atoms with van der Waals surface area (Å²) in [6.07, 6.45) is 7.56. The number of ether oxygens (including phenoxy) is 1. The fourth-order valence-corrected chi connectivity index (χ4v) is 3.88. The number of nitrogens with zero attached hydrogens (tertiary/aromatic N) is 1. The third-order valence-electron chi connectivity index (χ3n) is 5.16. The summed E-state index contributed by atoms with van der Waals surface area (Å²) in [5.74, 6) is -0.0589. The molecule has 2 heterocycles. The standard InChI is InChI=1S/C21H30N2O2/c1-2-25-21(24)13-4-3-8-14-23-15-9-7-12-20(23)19-16-17-10-5-6-11-18(17)22-19/h5-6,10-11,16,20,22H,2-4,7-9,12-15H2,1H3. The van der Waals surface area contributed by atoms with E-state index < -0.39 is 0 Å². The molecule has 136 valence electrons. The maximum absolute atomic E-state index is 11.4. The van der Waals surface area contributed by atoms with Crippen molar-refractivity contribution in [3.05, 3.63) is 36.0 Å². The molecule has 0 bridgehead atoms. The molecule has 4 nitrogen and oxygen atoms in total. The molecule has 25 heavy (non-hydrogen) atoms. The number of hydrogen-bond donors (Lipinski definition) is 1. The summed E-state index contributed by atoms with van der Waals surface area (Å²) in [6, 6.07) is 11.3. The molecule has 1 unspecified atom stereocenters. The molecule has 0 amide bonds. The molecule has 1 aliphatic heterocycles. The molecule has 1 aromatic carbocycles. The molecule has 0 aliphatic carbocycles. The molecule has 0 saturated carbocycles. The van der Waals surface area contributed by atoms with Crippen molar-refractivity contribution < 1.29 is 9.53 Å². The number of aromatic amines is 1. The summed E-state index contributed by atoms with van der Waals surface area (Å²) >= 11 is 0. The molecule has 4 heteroatoms. The number of piperidine rings is 1. The predicted octanol–water partition coefficient (Wildman–Crippen LogP) is 4.82. The van der Waals surface area contributed by atoms with Crippen molar-refractivity contribution in [2.24, 2.45) is 0 Å². The van der Waals surface area contributed by atoms with E-state index in [0.29, 0.717) is 19.1 Å². The van der Waals surface area contributed by atoms with Gasteiger partial charge in [-0.15, -0.1) is 0 Å². The number of esters is 1. The quantitative estimate of drug-likeness (QED) is 0.553. The summed E-state index contributed by atoms with van der Waals surface area (Å²) in [7, 11) is 0. The number of para-hydroxylation sites is 1. The fraction of sp³-hybridized carbons (Fsp3) is 0.571. The Bertz CT molecular complexity index is 646. The van der Waals surface area contributed by atoms with E-state index in [2.05, 4.69) is 40.2 Å². The van der Waals surface area contributed by atoms with Crippen LogP contribution in [0.3, 0.4) is 0 Å². The highest BCUT2D eigenvalue weighted by Crippen LogP contribution is 2.32. The minimum absolute atomic E-state index is 0.0589. The van der Waals surface area contributed by atoms with Gasteiger partial charge in [-0.25, -0.2) is 0 Å². The van der Waals surface area contributed by atoms with Crippen LogP contribution in [-0.2, 0) is 9.53 Å². The lowest BCUT2D eigenvalue weighted by Gasteiger charge is -2.35. The summed E-state index contributed by atoms with van der Waals surface area (Å²) in [4.78, 5) is 17.6. The molecule has 2 aromatic rings. The van der Waals surface area contributed by atoms with Gasteiger partial charge >= 0.3 is 5.97 Å². The number of likely N-dealkylation sites (tertiary alicyclic amines) is 1. The highest BCUT2D eigenvalue weighted by atomic mass is 16.5. The van der Waals surface area contributed by atoms with Gasteiger partial charge in [0.25, 0.3) is 0 Å². The van der Waals surface area contributed by atoms with Gasteiger partial charge in [-0.2, -0.15) is 0 Å². The van der Waals surface area contributed by atoms with Crippen molar-refractivity contribution >= 4 is 16.9 Å². The van der Waals surface area contributed by atoms with Crippen molar-refractivity contribution in [1.82, 2.24) is 9.88 Å². The van der Waals surface area contributed by atoms with Gasteiger partial charge in [0.2, 0.25) is 0 Å². The number of aromatic nitrogens is 1. The molecule has 1 aliphatic rings. The van der Waals surface area contributed by atoms with Gasteiger partial charge < -0.3 is 9.72 Å².